The highest BCUT2D eigenvalue weighted by atomic mass is 16.5. The number of piperidine rings is 1. The van der Waals surface area contributed by atoms with Gasteiger partial charge in [-0.25, -0.2) is 4.98 Å². The molecule has 3 aromatic rings. The summed E-state index contributed by atoms with van der Waals surface area (Å²) in [5, 5.41) is 8.02. The molecule has 8 nitrogen and oxygen atoms in total. The number of methoxy groups -OCH3 is 1. The van der Waals surface area contributed by atoms with Crippen molar-refractivity contribution in [2.75, 3.05) is 25.1 Å². The van der Waals surface area contributed by atoms with Crippen LogP contribution in [0.25, 0.3) is 11.1 Å². The lowest BCUT2D eigenvalue weighted by Gasteiger charge is -2.33. The minimum absolute atomic E-state index is 0.0481. The number of aromatic nitrogens is 3. The maximum Gasteiger partial charge on any atom is 0.263 e. The molecule has 0 unspecified atom stereocenters. The van der Waals surface area contributed by atoms with Crippen LogP contribution in [0.1, 0.15) is 31.0 Å². The van der Waals surface area contributed by atoms with Crippen LogP contribution >= 0.6 is 0 Å². The maximum atomic E-state index is 12.8. The number of hydrogen-bond acceptors (Lipinski definition) is 7. The highest BCUT2D eigenvalue weighted by Gasteiger charge is 2.28. The maximum absolute atomic E-state index is 12.8. The quantitative estimate of drug-likeness (QED) is 0.686. The molecule has 152 valence electrons. The molecule has 1 atom stereocenters. The van der Waals surface area contributed by atoms with Crippen molar-refractivity contribution in [3.63, 3.8) is 0 Å². The second-order valence-corrected chi connectivity index (χ2v) is 7.18. The Labute approximate surface area is 169 Å². The van der Waals surface area contributed by atoms with E-state index in [1.807, 2.05) is 31.2 Å². The van der Waals surface area contributed by atoms with E-state index in [9.17, 15) is 4.79 Å². The predicted molar refractivity (Wildman–Crippen MR) is 109 cm³/mol. The van der Waals surface area contributed by atoms with Gasteiger partial charge in [0.15, 0.2) is 0 Å². The van der Waals surface area contributed by atoms with Crippen LogP contribution in [0.15, 0.2) is 35.1 Å². The molecule has 1 saturated heterocycles. The summed E-state index contributed by atoms with van der Waals surface area (Å²) in [6.07, 6.45) is 4.01. The van der Waals surface area contributed by atoms with E-state index < -0.39 is 0 Å². The molecule has 0 aliphatic carbocycles. The van der Waals surface area contributed by atoms with Crippen LogP contribution in [-0.2, 0) is 17.8 Å². The number of para-hydroxylation sites is 1. The molecule has 1 N–H and O–H groups in total. The molecule has 1 aromatic carbocycles. The fraction of sp³-hybridized carbons (Fsp3) is 0.429. The second-order valence-electron chi connectivity index (χ2n) is 7.18. The van der Waals surface area contributed by atoms with E-state index in [1.54, 1.807) is 7.11 Å². The smallest absolute Gasteiger partial charge is 0.263 e. The van der Waals surface area contributed by atoms with Gasteiger partial charge in [0.25, 0.3) is 5.71 Å². The summed E-state index contributed by atoms with van der Waals surface area (Å²) >= 11 is 0. The average molecular weight is 395 g/mol. The Kier molecular flexibility index (Phi) is 5.59. The molecule has 0 bridgehead atoms. The van der Waals surface area contributed by atoms with Crippen molar-refractivity contribution in [2.45, 2.75) is 32.7 Å². The zero-order valence-electron chi connectivity index (χ0n) is 16.7. The fourth-order valence-electron chi connectivity index (χ4n) is 3.87. The standard InChI is InChI=1S/C21H25N5O3/c1-3-16-18-19(23-13-24-21(18)29-25-16)26-10-6-8-15(12-26)20(27)22-11-14-7-4-5-9-17(14)28-2/h4-5,7,9,13,15H,3,6,8,10-12H2,1-2H3,(H,22,27)/t15-/m0/s1. The van der Waals surface area contributed by atoms with Gasteiger partial charge in [0.05, 0.1) is 18.7 Å². The van der Waals surface area contributed by atoms with Gasteiger partial charge >= 0.3 is 0 Å². The molecular formula is C21H25N5O3. The average Bonchev–Trinajstić information content (AvgIpc) is 3.21. The van der Waals surface area contributed by atoms with Crippen LogP contribution < -0.4 is 15.0 Å². The van der Waals surface area contributed by atoms with E-state index >= 15 is 0 Å². The first-order chi connectivity index (χ1) is 14.2. The van der Waals surface area contributed by atoms with E-state index in [0.717, 1.165) is 54.0 Å². The van der Waals surface area contributed by atoms with Crippen LogP contribution in [0.5, 0.6) is 5.75 Å². The number of rotatable bonds is 6. The Bertz CT molecular complexity index is 1000. The molecule has 29 heavy (non-hydrogen) atoms. The van der Waals surface area contributed by atoms with Gasteiger partial charge in [-0.2, -0.15) is 4.98 Å². The van der Waals surface area contributed by atoms with Crippen molar-refractivity contribution in [1.82, 2.24) is 20.4 Å². The van der Waals surface area contributed by atoms with Crippen LogP contribution in [-0.4, -0.2) is 41.2 Å². The van der Waals surface area contributed by atoms with Crippen LogP contribution in [0.4, 0.5) is 5.82 Å². The lowest BCUT2D eigenvalue weighted by atomic mass is 9.96. The molecule has 1 aliphatic rings. The van der Waals surface area contributed by atoms with E-state index in [1.165, 1.54) is 6.33 Å². The number of ether oxygens (including phenoxy) is 1. The van der Waals surface area contributed by atoms with Crippen molar-refractivity contribution < 1.29 is 14.1 Å². The highest BCUT2D eigenvalue weighted by Crippen LogP contribution is 2.30. The molecule has 8 heteroatoms. The molecule has 3 heterocycles. The summed E-state index contributed by atoms with van der Waals surface area (Å²) in [4.78, 5) is 23.7. The Morgan fingerprint density at radius 3 is 3.03 bits per heavy atom. The van der Waals surface area contributed by atoms with E-state index in [-0.39, 0.29) is 11.8 Å². The first-order valence-electron chi connectivity index (χ1n) is 9.95. The normalized spacial score (nSPS) is 16.8. The van der Waals surface area contributed by atoms with Gasteiger partial charge in [-0.1, -0.05) is 30.3 Å². The summed E-state index contributed by atoms with van der Waals surface area (Å²) in [6, 6.07) is 7.72. The van der Waals surface area contributed by atoms with Gasteiger partial charge in [0.2, 0.25) is 5.91 Å². The number of benzene rings is 1. The van der Waals surface area contributed by atoms with Crippen molar-refractivity contribution >= 4 is 22.8 Å². The molecule has 1 aliphatic heterocycles. The van der Waals surface area contributed by atoms with Gasteiger partial charge in [0, 0.05) is 25.2 Å². The van der Waals surface area contributed by atoms with Gasteiger partial charge in [-0.15, -0.1) is 0 Å². The minimum Gasteiger partial charge on any atom is -0.496 e. The van der Waals surface area contributed by atoms with Gasteiger partial charge in [-0.3, -0.25) is 4.79 Å². The van der Waals surface area contributed by atoms with E-state index in [0.29, 0.717) is 18.8 Å². The van der Waals surface area contributed by atoms with Crippen molar-refractivity contribution in [1.29, 1.82) is 0 Å². The largest absolute Gasteiger partial charge is 0.496 e. The zero-order chi connectivity index (χ0) is 20.2. The SMILES string of the molecule is CCc1noc2ncnc(N3CCC[C@H](C(=O)NCc4ccccc4OC)C3)c12. The van der Waals surface area contributed by atoms with Crippen molar-refractivity contribution in [3.05, 3.63) is 41.9 Å². The van der Waals surface area contributed by atoms with Crippen molar-refractivity contribution in [2.24, 2.45) is 5.92 Å². The topological polar surface area (TPSA) is 93.4 Å². The fourth-order valence-corrected chi connectivity index (χ4v) is 3.87. The summed E-state index contributed by atoms with van der Waals surface area (Å²) in [5.74, 6) is 1.52. The lowest BCUT2D eigenvalue weighted by Crippen LogP contribution is -2.43. The number of nitrogens with zero attached hydrogens (tertiary/aromatic N) is 4. The molecule has 2 aromatic heterocycles. The second kappa shape index (κ2) is 8.46. The molecule has 0 spiro atoms. The summed E-state index contributed by atoms with van der Waals surface area (Å²) in [5.41, 5.74) is 2.30. The molecule has 0 saturated carbocycles. The van der Waals surface area contributed by atoms with Crippen molar-refractivity contribution in [3.8, 4) is 5.75 Å². The Hall–Kier alpha value is -3.16. The van der Waals surface area contributed by atoms with E-state index in [4.69, 9.17) is 9.26 Å². The van der Waals surface area contributed by atoms with Gasteiger partial charge in [0.1, 0.15) is 23.3 Å². The third kappa shape index (κ3) is 3.87. The Morgan fingerprint density at radius 1 is 1.34 bits per heavy atom. The molecule has 4 rings (SSSR count). The number of amides is 1. The van der Waals surface area contributed by atoms with E-state index in [2.05, 4.69) is 25.3 Å². The number of anilines is 1. The Balaban J connectivity index is 1.47. The zero-order valence-corrected chi connectivity index (χ0v) is 16.7. The number of nitrogens with one attached hydrogen (secondary N) is 1. The first-order valence-corrected chi connectivity index (χ1v) is 9.95. The van der Waals surface area contributed by atoms with Gasteiger partial charge in [-0.05, 0) is 25.3 Å². The number of carbonyl (C=O) groups excluding carboxylic acids is 1. The highest BCUT2D eigenvalue weighted by molar-refractivity contribution is 5.88. The third-order valence-corrected chi connectivity index (χ3v) is 5.40. The lowest BCUT2D eigenvalue weighted by molar-refractivity contribution is -0.125. The molecule has 1 amide bonds. The number of fused-ring (bicyclic) bond motifs is 1. The Morgan fingerprint density at radius 2 is 2.21 bits per heavy atom. The van der Waals surface area contributed by atoms with Crippen LogP contribution in [0.3, 0.4) is 0 Å². The first kappa shape index (κ1) is 19.2. The monoisotopic (exact) mass is 395 g/mol. The predicted octanol–water partition coefficient (Wildman–Crippen LogP) is 2.72. The summed E-state index contributed by atoms with van der Waals surface area (Å²) in [6.45, 7) is 3.93. The van der Waals surface area contributed by atoms with Crippen LogP contribution in [0.2, 0.25) is 0 Å². The summed E-state index contributed by atoms with van der Waals surface area (Å²) in [7, 11) is 1.64. The molecular weight excluding hydrogens is 370 g/mol. The van der Waals surface area contributed by atoms with Crippen LogP contribution in [0, 0.1) is 5.92 Å². The third-order valence-electron chi connectivity index (χ3n) is 5.40. The minimum atomic E-state index is -0.103. The number of carbonyl (C=O) groups is 1. The summed E-state index contributed by atoms with van der Waals surface area (Å²) < 4.78 is 10.7. The number of hydrogen-bond donors (Lipinski definition) is 1. The molecule has 1 fully saturated rings. The van der Waals surface area contributed by atoms with Gasteiger partial charge < -0.3 is 19.5 Å². The molecule has 0 radical (unpaired) electrons. The number of aryl methyl sites for hydroxylation is 1.